The van der Waals surface area contributed by atoms with Crippen LogP contribution in [0.1, 0.15) is 33.6 Å². The highest BCUT2D eigenvalue weighted by Gasteiger charge is 2.27. The van der Waals surface area contributed by atoms with Gasteiger partial charge in [-0.25, -0.2) is 0 Å². The van der Waals surface area contributed by atoms with Crippen molar-refractivity contribution < 1.29 is 0 Å². The second-order valence-electron chi connectivity index (χ2n) is 6.06. The summed E-state index contributed by atoms with van der Waals surface area (Å²) in [6.45, 7) is 11.5. The minimum Gasteiger partial charge on any atom is -0.359 e. The van der Waals surface area contributed by atoms with Gasteiger partial charge in [0.1, 0.15) is 0 Å². The second kappa shape index (κ2) is 5.61. The number of rotatable bonds is 4. The van der Waals surface area contributed by atoms with E-state index in [4.69, 9.17) is 4.99 Å². The molecule has 0 aromatic rings. The summed E-state index contributed by atoms with van der Waals surface area (Å²) in [6, 6.07) is 0. The van der Waals surface area contributed by atoms with Crippen LogP contribution in [0, 0.1) is 5.92 Å². The van der Waals surface area contributed by atoms with Gasteiger partial charge in [-0.15, -0.1) is 0 Å². The third-order valence-electron chi connectivity index (χ3n) is 3.33. The fourth-order valence-corrected chi connectivity index (χ4v) is 3.48. The number of aliphatic imine (C=N–C) groups is 1. The molecule has 0 saturated carbocycles. The summed E-state index contributed by atoms with van der Waals surface area (Å²) in [5.41, 5.74) is 0.224. The Morgan fingerprint density at radius 2 is 2.12 bits per heavy atom. The van der Waals surface area contributed by atoms with E-state index in [1.807, 2.05) is 11.8 Å². The maximum Gasteiger partial charge on any atom is 0.157 e. The Balaban J connectivity index is 1.72. The molecule has 1 N–H and O–H groups in total. The average Bonchev–Trinajstić information content (AvgIpc) is 2.85. The van der Waals surface area contributed by atoms with Crippen molar-refractivity contribution in [1.82, 2.24) is 10.2 Å². The van der Waals surface area contributed by atoms with Gasteiger partial charge < -0.3 is 10.2 Å². The van der Waals surface area contributed by atoms with Crippen LogP contribution in [0.25, 0.3) is 0 Å². The monoisotopic (exact) mass is 255 g/mol. The van der Waals surface area contributed by atoms with Gasteiger partial charge in [-0.3, -0.25) is 4.99 Å². The quantitative estimate of drug-likeness (QED) is 0.834. The van der Waals surface area contributed by atoms with E-state index in [0.717, 1.165) is 17.5 Å². The minimum atomic E-state index is 0.224. The molecule has 1 unspecified atom stereocenters. The molecule has 98 valence electrons. The molecule has 2 aliphatic heterocycles. The van der Waals surface area contributed by atoms with Gasteiger partial charge in [0.2, 0.25) is 0 Å². The third kappa shape index (κ3) is 4.18. The molecule has 2 fully saturated rings. The van der Waals surface area contributed by atoms with Crippen molar-refractivity contribution in [3.63, 3.8) is 0 Å². The van der Waals surface area contributed by atoms with Gasteiger partial charge >= 0.3 is 0 Å². The molecular weight excluding hydrogens is 230 g/mol. The topological polar surface area (TPSA) is 27.6 Å². The van der Waals surface area contributed by atoms with Gasteiger partial charge in [-0.2, -0.15) is 0 Å². The van der Waals surface area contributed by atoms with Crippen LogP contribution in [0.2, 0.25) is 0 Å². The zero-order chi connectivity index (χ0) is 12.3. The zero-order valence-electron chi connectivity index (χ0n) is 11.3. The molecule has 2 rings (SSSR count). The molecule has 2 aliphatic rings. The third-order valence-corrected chi connectivity index (χ3v) is 4.70. The smallest absolute Gasteiger partial charge is 0.157 e. The lowest BCUT2D eigenvalue weighted by molar-refractivity contribution is 0.291. The highest BCUT2D eigenvalue weighted by molar-refractivity contribution is 8.14. The van der Waals surface area contributed by atoms with Crippen molar-refractivity contribution >= 4 is 16.9 Å². The van der Waals surface area contributed by atoms with Crippen LogP contribution in [-0.4, -0.2) is 47.5 Å². The molecule has 2 saturated heterocycles. The molecule has 0 aromatic carbocycles. The van der Waals surface area contributed by atoms with E-state index in [2.05, 4.69) is 31.0 Å². The van der Waals surface area contributed by atoms with Crippen molar-refractivity contribution in [2.45, 2.75) is 39.2 Å². The summed E-state index contributed by atoms with van der Waals surface area (Å²) in [4.78, 5) is 7.28. The largest absolute Gasteiger partial charge is 0.359 e. The van der Waals surface area contributed by atoms with Crippen molar-refractivity contribution in [3.05, 3.63) is 0 Å². The summed E-state index contributed by atoms with van der Waals surface area (Å²) in [5.74, 6) is 1.80. The standard InChI is InChI=1S/C13H25N3S/c1-11(9-16-6-4-5-7-16)8-14-12-15-13(2,3)10-17-12/h11H,4-10H2,1-3H3,(H,14,15). The maximum atomic E-state index is 4.70. The van der Waals surface area contributed by atoms with Crippen molar-refractivity contribution in [2.24, 2.45) is 10.9 Å². The molecule has 1 atom stereocenters. The Morgan fingerprint density at radius 1 is 1.41 bits per heavy atom. The van der Waals surface area contributed by atoms with E-state index in [-0.39, 0.29) is 5.54 Å². The molecule has 0 radical (unpaired) electrons. The first-order valence-electron chi connectivity index (χ1n) is 6.73. The SMILES string of the molecule is CC(CN=C1NC(C)(C)CS1)CN1CCCC1. The summed E-state index contributed by atoms with van der Waals surface area (Å²) in [7, 11) is 0. The molecule has 17 heavy (non-hydrogen) atoms. The summed E-state index contributed by atoms with van der Waals surface area (Å²) in [6.07, 6.45) is 2.76. The number of likely N-dealkylation sites (tertiary alicyclic amines) is 1. The second-order valence-corrected chi connectivity index (χ2v) is 7.02. The maximum absolute atomic E-state index is 4.70. The normalized spacial score (nSPS) is 28.5. The van der Waals surface area contributed by atoms with E-state index >= 15 is 0 Å². The number of thioether (sulfide) groups is 1. The molecule has 3 nitrogen and oxygen atoms in total. The summed E-state index contributed by atoms with van der Waals surface area (Å²) in [5, 5.41) is 4.62. The van der Waals surface area contributed by atoms with E-state index < -0.39 is 0 Å². The molecule has 0 aliphatic carbocycles. The zero-order valence-corrected chi connectivity index (χ0v) is 12.1. The first-order valence-corrected chi connectivity index (χ1v) is 7.71. The molecule has 0 bridgehead atoms. The van der Waals surface area contributed by atoms with Crippen molar-refractivity contribution in [2.75, 3.05) is 31.9 Å². The van der Waals surface area contributed by atoms with E-state index in [1.54, 1.807) is 0 Å². The average molecular weight is 255 g/mol. The Morgan fingerprint density at radius 3 is 2.71 bits per heavy atom. The Hall–Kier alpha value is -0.220. The van der Waals surface area contributed by atoms with Crippen LogP contribution in [0.15, 0.2) is 4.99 Å². The van der Waals surface area contributed by atoms with Crippen LogP contribution in [-0.2, 0) is 0 Å². The van der Waals surface area contributed by atoms with Crippen molar-refractivity contribution in [3.8, 4) is 0 Å². The molecule has 0 aromatic heterocycles. The fraction of sp³-hybridized carbons (Fsp3) is 0.923. The first-order chi connectivity index (χ1) is 8.05. The Labute approximate surface area is 109 Å². The van der Waals surface area contributed by atoms with Gasteiger partial charge in [0, 0.05) is 24.4 Å². The van der Waals surface area contributed by atoms with Crippen LogP contribution >= 0.6 is 11.8 Å². The lowest BCUT2D eigenvalue weighted by atomic mass is 10.1. The fourth-order valence-electron chi connectivity index (χ4n) is 2.40. The van der Waals surface area contributed by atoms with Crippen LogP contribution < -0.4 is 5.32 Å². The highest BCUT2D eigenvalue weighted by atomic mass is 32.2. The van der Waals surface area contributed by atoms with Gasteiger partial charge in [-0.05, 0) is 45.7 Å². The molecule has 2 heterocycles. The summed E-state index contributed by atoms with van der Waals surface area (Å²) < 4.78 is 0. The lowest BCUT2D eigenvalue weighted by Crippen LogP contribution is -2.37. The predicted molar refractivity (Wildman–Crippen MR) is 76.8 cm³/mol. The molecular formula is C13H25N3S. The number of hydrogen-bond donors (Lipinski definition) is 1. The molecule has 0 amide bonds. The predicted octanol–water partition coefficient (Wildman–Crippen LogP) is 2.19. The molecule has 0 spiro atoms. The van der Waals surface area contributed by atoms with E-state index in [1.165, 1.54) is 32.5 Å². The number of hydrogen-bond acceptors (Lipinski definition) is 3. The van der Waals surface area contributed by atoms with Crippen LogP contribution in [0.4, 0.5) is 0 Å². The van der Waals surface area contributed by atoms with Gasteiger partial charge in [0.05, 0.1) is 0 Å². The van der Waals surface area contributed by atoms with E-state index in [9.17, 15) is 0 Å². The Kier molecular flexibility index (Phi) is 4.36. The number of nitrogens with one attached hydrogen (secondary N) is 1. The summed E-state index contributed by atoms with van der Waals surface area (Å²) >= 11 is 1.86. The van der Waals surface area contributed by atoms with Crippen LogP contribution in [0.3, 0.4) is 0 Å². The van der Waals surface area contributed by atoms with Gasteiger partial charge in [0.25, 0.3) is 0 Å². The van der Waals surface area contributed by atoms with E-state index in [0.29, 0.717) is 5.92 Å². The lowest BCUT2D eigenvalue weighted by Gasteiger charge is -2.19. The number of nitrogens with zero attached hydrogens (tertiary/aromatic N) is 2. The first kappa shape index (κ1) is 13.2. The highest BCUT2D eigenvalue weighted by Crippen LogP contribution is 2.22. The molecule has 4 heteroatoms. The Bertz CT molecular complexity index is 282. The van der Waals surface area contributed by atoms with Crippen LogP contribution in [0.5, 0.6) is 0 Å². The van der Waals surface area contributed by atoms with Gasteiger partial charge in [-0.1, -0.05) is 18.7 Å². The van der Waals surface area contributed by atoms with Crippen molar-refractivity contribution in [1.29, 1.82) is 0 Å². The minimum absolute atomic E-state index is 0.224. The number of amidine groups is 1. The van der Waals surface area contributed by atoms with Gasteiger partial charge in [0.15, 0.2) is 5.17 Å².